The molecule has 106 valence electrons. The summed E-state index contributed by atoms with van der Waals surface area (Å²) in [4.78, 5) is 16.4. The molecule has 0 aromatic heterocycles. The van der Waals surface area contributed by atoms with Crippen LogP contribution in [0.3, 0.4) is 0 Å². The van der Waals surface area contributed by atoms with Crippen molar-refractivity contribution in [2.24, 2.45) is 5.92 Å². The van der Waals surface area contributed by atoms with Crippen molar-refractivity contribution in [2.45, 2.75) is 51.5 Å². The van der Waals surface area contributed by atoms with Crippen molar-refractivity contribution in [3.8, 4) is 6.07 Å². The first-order chi connectivity index (χ1) is 9.24. The Hall–Kier alpha value is -1.08. The fraction of sp³-hybridized carbons (Fsp3) is 0.867. The summed E-state index contributed by atoms with van der Waals surface area (Å²) in [6.45, 7) is 5.34. The zero-order chi connectivity index (χ0) is 13.7. The van der Waals surface area contributed by atoms with Crippen LogP contribution < -0.4 is 0 Å². The van der Waals surface area contributed by atoms with Crippen LogP contribution in [0.5, 0.6) is 0 Å². The Balaban J connectivity index is 1.76. The first-order valence-corrected chi connectivity index (χ1v) is 7.66. The third kappa shape index (κ3) is 3.70. The third-order valence-electron chi connectivity index (χ3n) is 4.58. The highest BCUT2D eigenvalue weighted by molar-refractivity contribution is 5.76. The number of rotatable bonds is 4. The standard InChI is InChI=1S/C15H25N3O/c1-2-14(12-16)17-7-9-18(10-8-17)15(19)11-13-5-3-4-6-13/h13-14H,2-11H2,1H3. The molecule has 1 aliphatic carbocycles. The van der Waals surface area contributed by atoms with Crippen LogP contribution in [0.25, 0.3) is 0 Å². The largest absolute Gasteiger partial charge is 0.340 e. The van der Waals surface area contributed by atoms with Crippen LogP contribution >= 0.6 is 0 Å². The predicted molar refractivity (Wildman–Crippen MR) is 74.4 cm³/mol. The maximum Gasteiger partial charge on any atom is 0.222 e. The van der Waals surface area contributed by atoms with E-state index in [2.05, 4.69) is 11.0 Å². The second kappa shape index (κ2) is 6.91. The van der Waals surface area contributed by atoms with Gasteiger partial charge in [-0.1, -0.05) is 19.8 Å². The highest BCUT2D eigenvalue weighted by Gasteiger charge is 2.27. The van der Waals surface area contributed by atoms with Crippen molar-refractivity contribution in [3.05, 3.63) is 0 Å². The molecule has 2 fully saturated rings. The summed E-state index contributed by atoms with van der Waals surface area (Å²) in [6, 6.07) is 2.37. The normalized spacial score (nSPS) is 23.3. The van der Waals surface area contributed by atoms with Gasteiger partial charge in [0, 0.05) is 32.6 Å². The van der Waals surface area contributed by atoms with Crippen molar-refractivity contribution in [3.63, 3.8) is 0 Å². The molecule has 1 saturated heterocycles. The summed E-state index contributed by atoms with van der Waals surface area (Å²) in [7, 11) is 0. The molecule has 1 aliphatic heterocycles. The van der Waals surface area contributed by atoms with Gasteiger partial charge in [0.25, 0.3) is 0 Å². The fourth-order valence-electron chi connectivity index (χ4n) is 3.30. The van der Waals surface area contributed by atoms with E-state index in [0.717, 1.165) is 39.0 Å². The summed E-state index contributed by atoms with van der Waals surface area (Å²) in [6.07, 6.45) is 6.68. The summed E-state index contributed by atoms with van der Waals surface area (Å²) in [5.41, 5.74) is 0. The number of nitrogens with zero attached hydrogens (tertiary/aromatic N) is 3. The van der Waals surface area contributed by atoms with Gasteiger partial charge in [0.2, 0.25) is 5.91 Å². The van der Waals surface area contributed by atoms with Gasteiger partial charge in [-0.25, -0.2) is 0 Å². The molecule has 2 aliphatic rings. The average molecular weight is 263 g/mol. The molecule has 19 heavy (non-hydrogen) atoms. The van der Waals surface area contributed by atoms with Crippen LogP contribution in [-0.4, -0.2) is 47.9 Å². The second-order valence-electron chi connectivity index (χ2n) is 5.82. The summed E-state index contributed by atoms with van der Waals surface area (Å²) < 4.78 is 0. The molecule has 1 saturated carbocycles. The van der Waals surface area contributed by atoms with Gasteiger partial charge in [-0.3, -0.25) is 9.69 Å². The summed E-state index contributed by atoms with van der Waals surface area (Å²) >= 11 is 0. The van der Waals surface area contributed by atoms with Gasteiger partial charge >= 0.3 is 0 Å². The minimum Gasteiger partial charge on any atom is -0.340 e. The molecule has 0 aromatic rings. The molecule has 0 bridgehead atoms. The third-order valence-corrected chi connectivity index (χ3v) is 4.58. The number of carbonyl (C=O) groups is 1. The number of hydrogen-bond donors (Lipinski definition) is 0. The second-order valence-corrected chi connectivity index (χ2v) is 5.82. The van der Waals surface area contributed by atoms with Gasteiger partial charge in [-0.15, -0.1) is 0 Å². The SMILES string of the molecule is CCC(C#N)N1CCN(C(=O)CC2CCCC2)CC1. The minimum atomic E-state index is 0.0204. The molecular weight excluding hydrogens is 238 g/mol. The zero-order valence-electron chi connectivity index (χ0n) is 12.0. The monoisotopic (exact) mass is 263 g/mol. The van der Waals surface area contributed by atoms with E-state index >= 15 is 0 Å². The van der Waals surface area contributed by atoms with E-state index in [4.69, 9.17) is 5.26 Å². The Morgan fingerprint density at radius 3 is 2.42 bits per heavy atom. The van der Waals surface area contributed by atoms with E-state index in [1.807, 2.05) is 11.8 Å². The van der Waals surface area contributed by atoms with Gasteiger partial charge in [0.15, 0.2) is 0 Å². The first-order valence-electron chi connectivity index (χ1n) is 7.66. The first kappa shape index (κ1) is 14.3. The van der Waals surface area contributed by atoms with E-state index in [9.17, 15) is 4.79 Å². The number of hydrogen-bond acceptors (Lipinski definition) is 3. The smallest absolute Gasteiger partial charge is 0.222 e. The zero-order valence-corrected chi connectivity index (χ0v) is 12.0. The van der Waals surface area contributed by atoms with E-state index in [-0.39, 0.29) is 6.04 Å². The van der Waals surface area contributed by atoms with Crippen molar-refractivity contribution < 1.29 is 4.79 Å². The van der Waals surface area contributed by atoms with Crippen molar-refractivity contribution in [1.29, 1.82) is 5.26 Å². The lowest BCUT2D eigenvalue weighted by Crippen LogP contribution is -2.51. The fourth-order valence-corrected chi connectivity index (χ4v) is 3.30. The van der Waals surface area contributed by atoms with Gasteiger partial charge in [0.1, 0.15) is 0 Å². The van der Waals surface area contributed by atoms with Crippen LogP contribution in [0.4, 0.5) is 0 Å². The van der Waals surface area contributed by atoms with Crippen LogP contribution in [0.15, 0.2) is 0 Å². The molecule has 1 heterocycles. The molecule has 4 nitrogen and oxygen atoms in total. The summed E-state index contributed by atoms with van der Waals surface area (Å²) in [5.74, 6) is 0.963. The molecule has 0 spiro atoms. The molecule has 0 radical (unpaired) electrons. The topological polar surface area (TPSA) is 47.3 Å². The van der Waals surface area contributed by atoms with E-state index in [0.29, 0.717) is 11.8 Å². The Labute approximate surface area is 116 Å². The number of carbonyl (C=O) groups excluding carboxylic acids is 1. The molecule has 2 rings (SSSR count). The minimum absolute atomic E-state index is 0.0204. The number of amides is 1. The summed E-state index contributed by atoms with van der Waals surface area (Å²) in [5, 5.41) is 9.07. The molecule has 1 unspecified atom stereocenters. The Morgan fingerprint density at radius 1 is 1.26 bits per heavy atom. The van der Waals surface area contributed by atoms with Crippen molar-refractivity contribution in [1.82, 2.24) is 9.80 Å². The molecule has 4 heteroatoms. The molecule has 0 N–H and O–H groups in total. The Bertz CT molecular complexity index is 336. The number of nitriles is 1. The Morgan fingerprint density at radius 2 is 1.89 bits per heavy atom. The Kier molecular flexibility index (Phi) is 5.21. The molecule has 1 amide bonds. The van der Waals surface area contributed by atoms with E-state index < -0.39 is 0 Å². The highest BCUT2D eigenvalue weighted by atomic mass is 16.2. The quantitative estimate of drug-likeness (QED) is 0.779. The van der Waals surface area contributed by atoms with Crippen LogP contribution in [0, 0.1) is 17.2 Å². The lowest BCUT2D eigenvalue weighted by molar-refractivity contribution is -0.134. The molecular formula is C15H25N3O. The van der Waals surface area contributed by atoms with Gasteiger partial charge in [-0.2, -0.15) is 5.26 Å². The highest BCUT2D eigenvalue weighted by Crippen LogP contribution is 2.28. The van der Waals surface area contributed by atoms with E-state index in [1.54, 1.807) is 0 Å². The van der Waals surface area contributed by atoms with Crippen LogP contribution in [0.1, 0.15) is 45.4 Å². The van der Waals surface area contributed by atoms with Crippen molar-refractivity contribution >= 4 is 5.91 Å². The van der Waals surface area contributed by atoms with Crippen LogP contribution in [0.2, 0.25) is 0 Å². The maximum atomic E-state index is 12.2. The van der Waals surface area contributed by atoms with Crippen LogP contribution in [-0.2, 0) is 4.79 Å². The maximum absolute atomic E-state index is 12.2. The molecule has 1 atom stereocenters. The molecule has 0 aromatic carbocycles. The predicted octanol–water partition coefficient (Wildman–Crippen LogP) is 2.01. The van der Waals surface area contributed by atoms with Gasteiger partial charge < -0.3 is 4.90 Å². The van der Waals surface area contributed by atoms with Crippen molar-refractivity contribution in [2.75, 3.05) is 26.2 Å². The lowest BCUT2D eigenvalue weighted by atomic mass is 10.0. The lowest BCUT2D eigenvalue weighted by Gasteiger charge is -2.37. The van der Waals surface area contributed by atoms with Gasteiger partial charge in [-0.05, 0) is 25.2 Å². The average Bonchev–Trinajstić information content (AvgIpc) is 2.94. The van der Waals surface area contributed by atoms with E-state index in [1.165, 1.54) is 25.7 Å². The number of piperazine rings is 1. The van der Waals surface area contributed by atoms with Gasteiger partial charge in [0.05, 0.1) is 12.1 Å².